The molecule has 0 saturated carbocycles. The first-order valence-electron chi connectivity index (χ1n) is 12.0. The number of para-hydroxylation sites is 1. The number of fused-ring (bicyclic) bond motifs is 1. The van der Waals surface area contributed by atoms with Gasteiger partial charge in [0.1, 0.15) is 18.1 Å². The molecule has 3 rings (SSSR count). The van der Waals surface area contributed by atoms with Crippen LogP contribution < -0.4 is 16.4 Å². The highest BCUT2D eigenvalue weighted by atomic mass is 16.4. The highest BCUT2D eigenvalue weighted by Crippen LogP contribution is 2.21. The third kappa shape index (κ3) is 6.39. The van der Waals surface area contributed by atoms with Gasteiger partial charge < -0.3 is 31.4 Å². The fraction of sp³-hybridized carbons (Fsp3) is 0.520. The molecule has 1 aliphatic heterocycles. The zero-order valence-corrected chi connectivity index (χ0v) is 20.4. The molecule has 1 aromatic carbocycles. The van der Waals surface area contributed by atoms with Crippen molar-refractivity contribution in [1.82, 2.24) is 20.5 Å². The zero-order chi connectivity index (χ0) is 25.7. The van der Waals surface area contributed by atoms with Gasteiger partial charge in [0.25, 0.3) is 0 Å². The van der Waals surface area contributed by atoms with Crippen LogP contribution in [-0.4, -0.2) is 69.4 Å². The molecule has 1 aliphatic rings. The summed E-state index contributed by atoms with van der Waals surface area (Å²) in [5, 5.41) is 15.7. The van der Waals surface area contributed by atoms with Gasteiger partial charge in [-0.05, 0) is 43.7 Å². The van der Waals surface area contributed by atoms with E-state index in [0.717, 1.165) is 16.5 Å². The molecule has 0 bridgehead atoms. The maximum atomic E-state index is 12.9. The van der Waals surface area contributed by atoms with Crippen molar-refractivity contribution in [1.29, 1.82) is 0 Å². The molecule has 1 aromatic heterocycles. The van der Waals surface area contributed by atoms with Gasteiger partial charge >= 0.3 is 5.97 Å². The summed E-state index contributed by atoms with van der Waals surface area (Å²) in [4.78, 5) is 54.8. The molecule has 2 heterocycles. The van der Waals surface area contributed by atoms with Crippen molar-refractivity contribution in [3.05, 3.63) is 36.0 Å². The van der Waals surface area contributed by atoms with Crippen LogP contribution in [0.4, 0.5) is 0 Å². The second kappa shape index (κ2) is 11.4. The quantitative estimate of drug-likeness (QED) is 0.340. The van der Waals surface area contributed by atoms with E-state index >= 15 is 0 Å². The second-order valence-electron chi connectivity index (χ2n) is 9.62. The lowest BCUT2D eigenvalue weighted by Crippen LogP contribution is -2.56. The molecule has 10 nitrogen and oxygen atoms in total. The first-order chi connectivity index (χ1) is 16.6. The summed E-state index contributed by atoms with van der Waals surface area (Å²) in [5.74, 6) is -2.25. The smallest absolute Gasteiger partial charge is 0.326 e. The molecule has 0 spiro atoms. The van der Waals surface area contributed by atoms with Crippen LogP contribution >= 0.6 is 0 Å². The van der Waals surface area contributed by atoms with Crippen molar-refractivity contribution in [2.45, 2.75) is 70.6 Å². The number of nitrogens with zero attached hydrogens (tertiary/aromatic N) is 1. The average molecular weight is 486 g/mol. The van der Waals surface area contributed by atoms with Crippen LogP contribution in [0, 0.1) is 5.92 Å². The van der Waals surface area contributed by atoms with E-state index in [-0.39, 0.29) is 18.2 Å². The van der Waals surface area contributed by atoms with Crippen molar-refractivity contribution >= 4 is 34.6 Å². The van der Waals surface area contributed by atoms with Gasteiger partial charge in [0.15, 0.2) is 0 Å². The van der Waals surface area contributed by atoms with Crippen LogP contribution in [0.5, 0.6) is 0 Å². The van der Waals surface area contributed by atoms with Gasteiger partial charge in [0, 0.05) is 30.1 Å². The van der Waals surface area contributed by atoms with E-state index < -0.39 is 42.0 Å². The van der Waals surface area contributed by atoms with E-state index in [1.54, 1.807) is 6.20 Å². The van der Waals surface area contributed by atoms with Crippen LogP contribution in [0.3, 0.4) is 0 Å². The molecular formula is C25H35N5O5. The predicted octanol–water partition coefficient (Wildman–Crippen LogP) is 1.15. The fourth-order valence-electron chi connectivity index (χ4n) is 4.52. The molecule has 190 valence electrons. The lowest BCUT2D eigenvalue weighted by molar-refractivity contribution is -0.143. The van der Waals surface area contributed by atoms with Crippen LogP contribution in [0.2, 0.25) is 0 Å². The van der Waals surface area contributed by atoms with Gasteiger partial charge in [-0.2, -0.15) is 0 Å². The number of carbonyl (C=O) groups excluding carboxylic acids is 3. The van der Waals surface area contributed by atoms with Crippen LogP contribution in [0.15, 0.2) is 30.5 Å². The Morgan fingerprint density at radius 3 is 2.57 bits per heavy atom. The number of hydrogen-bond donors (Lipinski definition) is 5. The van der Waals surface area contributed by atoms with E-state index in [0.29, 0.717) is 25.8 Å². The number of carboxylic acid groups (broad SMARTS) is 1. The van der Waals surface area contributed by atoms with E-state index in [1.807, 2.05) is 38.1 Å². The number of hydrogen-bond acceptors (Lipinski definition) is 5. The Labute approximate surface area is 204 Å². The number of rotatable bonds is 10. The van der Waals surface area contributed by atoms with Crippen molar-refractivity contribution < 1.29 is 24.3 Å². The molecule has 4 unspecified atom stereocenters. The highest BCUT2D eigenvalue weighted by Gasteiger charge is 2.37. The number of aliphatic carboxylic acids is 1. The van der Waals surface area contributed by atoms with Crippen molar-refractivity contribution in [3.8, 4) is 0 Å². The summed E-state index contributed by atoms with van der Waals surface area (Å²) in [6.07, 6.45) is 3.50. The normalized spacial score (nSPS) is 18.3. The summed E-state index contributed by atoms with van der Waals surface area (Å²) in [5.41, 5.74) is 7.68. The van der Waals surface area contributed by atoms with E-state index in [9.17, 15) is 24.3 Å². The van der Waals surface area contributed by atoms with Gasteiger partial charge in [0.05, 0.1) is 6.04 Å². The molecule has 6 N–H and O–H groups in total. The Morgan fingerprint density at radius 1 is 1.17 bits per heavy atom. The summed E-state index contributed by atoms with van der Waals surface area (Å²) >= 11 is 0. The number of benzene rings is 1. The highest BCUT2D eigenvalue weighted by molar-refractivity contribution is 5.94. The van der Waals surface area contributed by atoms with Gasteiger partial charge in [-0.1, -0.05) is 32.0 Å². The minimum Gasteiger partial charge on any atom is -0.480 e. The number of H-pyrrole nitrogens is 1. The van der Waals surface area contributed by atoms with Crippen LogP contribution in [-0.2, 0) is 25.6 Å². The average Bonchev–Trinajstić information content (AvgIpc) is 3.45. The Hall–Kier alpha value is -3.40. The molecule has 0 radical (unpaired) electrons. The lowest BCUT2D eigenvalue weighted by atomic mass is 10.0. The molecule has 2 aromatic rings. The standard InChI is InChI=1S/C25H35N5O5/c1-14(2)11-18(26)24(33)30-10-6-9-21(30)23(32)28-15(3)22(31)29-20(25(34)35)12-16-13-27-19-8-5-4-7-17(16)19/h4-5,7-8,13-15,18,20-21,27H,6,9-12,26H2,1-3H3,(H,28,32)(H,29,31)(H,34,35). The molecule has 1 fully saturated rings. The number of likely N-dealkylation sites (tertiary alicyclic amines) is 1. The topological polar surface area (TPSA) is 158 Å². The third-order valence-corrected chi connectivity index (χ3v) is 6.35. The van der Waals surface area contributed by atoms with Crippen molar-refractivity contribution in [3.63, 3.8) is 0 Å². The van der Waals surface area contributed by atoms with Crippen molar-refractivity contribution in [2.75, 3.05) is 6.54 Å². The fourth-order valence-corrected chi connectivity index (χ4v) is 4.52. The summed E-state index contributed by atoms with van der Waals surface area (Å²) < 4.78 is 0. The van der Waals surface area contributed by atoms with Gasteiger partial charge in [-0.25, -0.2) is 4.79 Å². The molecule has 4 atom stereocenters. The third-order valence-electron chi connectivity index (χ3n) is 6.35. The molecule has 0 aliphatic carbocycles. The number of nitrogens with one attached hydrogen (secondary N) is 3. The maximum absolute atomic E-state index is 12.9. The zero-order valence-electron chi connectivity index (χ0n) is 20.4. The molecule has 10 heteroatoms. The van der Waals surface area contributed by atoms with Crippen LogP contribution in [0.1, 0.15) is 45.6 Å². The van der Waals surface area contributed by atoms with Crippen LogP contribution in [0.25, 0.3) is 10.9 Å². The summed E-state index contributed by atoms with van der Waals surface area (Å²) in [6.45, 7) is 5.88. The minimum atomic E-state index is -1.17. The van der Waals surface area contributed by atoms with Crippen molar-refractivity contribution in [2.24, 2.45) is 11.7 Å². The van der Waals surface area contributed by atoms with E-state index in [2.05, 4.69) is 15.6 Å². The first kappa shape index (κ1) is 26.2. The maximum Gasteiger partial charge on any atom is 0.326 e. The molecular weight excluding hydrogens is 450 g/mol. The Bertz CT molecular complexity index is 1080. The number of amides is 3. The number of carbonyl (C=O) groups is 4. The van der Waals surface area contributed by atoms with Gasteiger partial charge in [-0.15, -0.1) is 0 Å². The van der Waals surface area contributed by atoms with Gasteiger partial charge in [-0.3, -0.25) is 14.4 Å². The van der Waals surface area contributed by atoms with E-state index in [1.165, 1.54) is 11.8 Å². The largest absolute Gasteiger partial charge is 0.480 e. The number of aromatic amines is 1. The SMILES string of the molecule is CC(C)CC(N)C(=O)N1CCCC1C(=O)NC(C)C(=O)NC(Cc1c[nH]c2ccccc12)C(=O)O. The minimum absolute atomic E-state index is 0.0877. The Kier molecular flexibility index (Phi) is 8.50. The number of nitrogens with two attached hydrogens (primary N) is 1. The lowest BCUT2D eigenvalue weighted by Gasteiger charge is -2.28. The Balaban J connectivity index is 1.60. The first-order valence-corrected chi connectivity index (χ1v) is 12.0. The predicted molar refractivity (Wildman–Crippen MR) is 131 cm³/mol. The van der Waals surface area contributed by atoms with Gasteiger partial charge in [0.2, 0.25) is 17.7 Å². The summed E-state index contributed by atoms with van der Waals surface area (Å²) in [6, 6.07) is 3.99. The second-order valence-corrected chi connectivity index (χ2v) is 9.62. The number of aromatic nitrogens is 1. The number of carboxylic acids is 1. The van der Waals surface area contributed by atoms with E-state index in [4.69, 9.17) is 5.73 Å². The Morgan fingerprint density at radius 2 is 1.89 bits per heavy atom. The molecule has 3 amide bonds. The monoisotopic (exact) mass is 485 g/mol. The summed E-state index contributed by atoms with van der Waals surface area (Å²) in [7, 11) is 0. The molecule has 35 heavy (non-hydrogen) atoms. The molecule has 1 saturated heterocycles.